The summed E-state index contributed by atoms with van der Waals surface area (Å²) in [7, 11) is 2.84. The number of pyridine rings is 1. The van der Waals surface area contributed by atoms with E-state index in [0.717, 1.165) is 0 Å². The van der Waals surface area contributed by atoms with Gasteiger partial charge in [-0.3, -0.25) is 9.59 Å². The Morgan fingerprint density at radius 1 is 1.29 bits per heavy atom. The molecule has 3 N–H and O–H groups in total. The lowest BCUT2D eigenvalue weighted by Crippen LogP contribution is -2.50. The number of methoxy groups -OCH3 is 1. The summed E-state index contributed by atoms with van der Waals surface area (Å²) in [6.45, 7) is 2.55. The molecule has 1 amide bonds. The maximum atomic E-state index is 12.5. The van der Waals surface area contributed by atoms with E-state index in [2.05, 4.69) is 5.32 Å². The van der Waals surface area contributed by atoms with Crippen molar-refractivity contribution in [1.29, 1.82) is 0 Å². The van der Waals surface area contributed by atoms with Crippen LogP contribution in [0.3, 0.4) is 0 Å². The average Bonchev–Trinajstić information content (AvgIpc) is 2.51. The van der Waals surface area contributed by atoms with Gasteiger partial charge in [-0.15, -0.1) is 0 Å². The molecule has 1 heterocycles. The van der Waals surface area contributed by atoms with E-state index in [1.807, 2.05) is 0 Å². The maximum absolute atomic E-state index is 12.5. The molecule has 0 saturated heterocycles. The van der Waals surface area contributed by atoms with E-state index in [1.165, 1.54) is 32.6 Å². The molecule has 2 aromatic rings. The van der Waals surface area contributed by atoms with E-state index in [1.54, 1.807) is 18.2 Å². The van der Waals surface area contributed by atoms with Gasteiger partial charge < -0.3 is 24.8 Å². The van der Waals surface area contributed by atoms with Crippen LogP contribution >= 0.6 is 0 Å². The molecule has 0 radical (unpaired) electrons. The predicted octanol–water partition coefficient (Wildman–Crippen LogP) is 0.846. The number of aromatic hydroxyl groups is 1. The van der Waals surface area contributed by atoms with E-state index < -0.39 is 34.3 Å². The van der Waals surface area contributed by atoms with Crippen molar-refractivity contribution >= 4 is 22.8 Å². The van der Waals surface area contributed by atoms with Gasteiger partial charge in [-0.1, -0.05) is 6.07 Å². The second kappa shape index (κ2) is 5.88. The summed E-state index contributed by atoms with van der Waals surface area (Å²) in [5, 5.41) is 22.0. The van der Waals surface area contributed by atoms with Gasteiger partial charge in [0.15, 0.2) is 0 Å². The summed E-state index contributed by atoms with van der Waals surface area (Å²) < 4.78 is 6.37. The van der Waals surface area contributed by atoms with E-state index in [0.29, 0.717) is 5.52 Å². The number of carboxylic acid groups (broad SMARTS) is 1. The van der Waals surface area contributed by atoms with Crippen molar-refractivity contribution in [2.75, 3.05) is 7.11 Å². The topological polar surface area (TPSA) is 118 Å². The number of nitrogens with one attached hydrogen (secondary N) is 1. The number of carbonyl (C=O) groups excluding carboxylic acids is 1. The summed E-state index contributed by atoms with van der Waals surface area (Å²) in [5.74, 6) is -2.52. The van der Waals surface area contributed by atoms with Gasteiger partial charge in [-0.05, 0) is 26.0 Å². The largest absolute Gasteiger partial charge is 0.506 e. The molecule has 0 unspecified atom stereocenters. The van der Waals surface area contributed by atoms with Crippen LogP contribution in [0.25, 0.3) is 10.9 Å². The number of benzene rings is 1. The molecule has 1 aromatic heterocycles. The van der Waals surface area contributed by atoms with Crippen LogP contribution in [0.4, 0.5) is 0 Å². The Balaban J connectivity index is 2.74. The summed E-state index contributed by atoms with van der Waals surface area (Å²) in [6.07, 6.45) is 0. The Bertz CT molecular complexity index is 898. The molecule has 0 aliphatic rings. The zero-order valence-corrected chi connectivity index (χ0v) is 13.7. The third-order valence-electron chi connectivity index (χ3n) is 3.77. The van der Waals surface area contributed by atoms with Gasteiger partial charge in [0.2, 0.25) is 0 Å². The van der Waals surface area contributed by atoms with E-state index >= 15 is 0 Å². The SMILES string of the molecule is COc1cccc2c1c(O)c(C(=O)NC(C)(C)C(=O)O)c(=O)n2C. The zero-order valence-electron chi connectivity index (χ0n) is 13.7. The summed E-state index contributed by atoms with van der Waals surface area (Å²) in [6, 6.07) is 4.82. The van der Waals surface area contributed by atoms with E-state index in [-0.39, 0.29) is 11.1 Å². The first-order valence-electron chi connectivity index (χ1n) is 7.06. The number of aliphatic carboxylic acids is 1. The standard InChI is InChI=1S/C16H18N2O6/c1-16(2,15(22)23)17-13(20)11-12(19)10-8(18(3)14(11)21)6-5-7-9(10)24-4/h5-7,19H,1-4H3,(H,17,20)(H,22,23). The number of aromatic nitrogens is 1. The van der Waals surface area contributed by atoms with Gasteiger partial charge in [0.1, 0.15) is 22.6 Å². The first kappa shape index (κ1) is 17.3. The number of nitrogens with zero attached hydrogens (tertiary/aromatic N) is 1. The molecule has 0 aliphatic carbocycles. The van der Waals surface area contributed by atoms with Crippen LogP contribution < -0.4 is 15.6 Å². The highest BCUT2D eigenvalue weighted by Crippen LogP contribution is 2.34. The molecule has 24 heavy (non-hydrogen) atoms. The molecular weight excluding hydrogens is 316 g/mol. The molecule has 1 aromatic carbocycles. The van der Waals surface area contributed by atoms with Crippen molar-refractivity contribution in [3.63, 3.8) is 0 Å². The number of ether oxygens (including phenoxy) is 1. The second-order valence-electron chi connectivity index (χ2n) is 5.83. The van der Waals surface area contributed by atoms with Crippen molar-refractivity contribution in [2.45, 2.75) is 19.4 Å². The van der Waals surface area contributed by atoms with Gasteiger partial charge in [-0.2, -0.15) is 0 Å². The highest BCUT2D eigenvalue weighted by atomic mass is 16.5. The minimum absolute atomic E-state index is 0.195. The van der Waals surface area contributed by atoms with Gasteiger partial charge >= 0.3 is 5.97 Å². The zero-order chi connectivity index (χ0) is 18.2. The van der Waals surface area contributed by atoms with Crippen molar-refractivity contribution in [3.05, 3.63) is 34.1 Å². The Kier molecular flexibility index (Phi) is 4.24. The smallest absolute Gasteiger partial charge is 0.328 e. The summed E-state index contributed by atoms with van der Waals surface area (Å²) in [4.78, 5) is 36.0. The van der Waals surface area contributed by atoms with Gasteiger partial charge in [0, 0.05) is 7.05 Å². The molecule has 8 heteroatoms. The van der Waals surface area contributed by atoms with Gasteiger partial charge in [-0.25, -0.2) is 4.79 Å². The molecule has 0 fully saturated rings. The second-order valence-corrected chi connectivity index (χ2v) is 5.83. The van der Waals surface area contributed by atoms with Crippen molar-refractivity contribution in [2.24, 2.45) is 7.05 Å². The first-order valence-corrected chi connectivity index (χ1v) is 7.06. The van der Waals surface area contributed by atoms with E-state index in [4.69, 9.17) is 9.84 Å². The summed E-state index contributed by atoms with van der Waals surface area (Å²) in [5.41, 5.74) is -2.51. The number of aryl methyl sites for hydroxylation is 1. The molecule has 128 valence electrons. The van der Waals surface area contributed by atoms with Gasteiger partial charge in [0.25, 0.3) is 11.5 Å². The molecule has 0 aliphatic heterocycles. The predicted molar refractivity (Wildman–Crippen MR) is 86.6 cm³/mol. The highest BCUT2D eigenvalue weighted by molar-refractivity contribution is 6.05. The van der Waals surface area contributed by atoms with Crippen LogP contribution in [-0.2, 0) is 11.8 Å². The fourth-order valence-corrected chi connectivity index (χ4v) is 2.32. The third kappa shape index (κ3) is 2.66. The monoisotopic (exact) mass is 334 g/mol. The highest BCUT2D eigenvalue weighted by Gasteiger charge is 2.32. The molecular formula is C16H18N2O6. The Morgan fingerprint density at radius 3 is 2.46 bits per heavy atom. The Morgan fingerprint density at radius 2 is 1.92 bits per heavy atom. The third-order valence-corrected chi connectivity index (χ3v) is 3.77. The number of amides is 1. The van der Waals surface area contributed by atoms with Crippen LogP contribution in [0, 0.1) is 0 Å². The first-order chi connectivity index (χ1) is 11.1. The molecule has 0 spiro atoms. The van der Waals surface area contributed by atoms with Crippen LogP contribution in [0.5, 0.6) is 11.5 Å². The van der Waals surface area contributed by atoms with Crippen LogP contribution in [0.1, 0.15) is 24.2 Å². The lowest BCUT2D eigenvalue weighted by molar-refractivity contribution is -0.143. The Labute approximate surface area is 137 Å². The average molecular weight is 334 g/mol. The van der Waals surface area contributed by atoms with E-state index in [9.17, 15) is 19.5 Å². The number of hydrogen-bond donors (Lipinski definition) is 3. The minimum atomic E-state index is -1.61. The molecule has 0 atom stereocenters. The molecule has 8 nitrogen and oxygen atoms in total. The quantitative estimate of drug-likeness (QED) is 0.763. The van der Waals surface area contributed by atoms with Crippen LogP contribution in [0.2, 0.25) is 0 Å². The number of carboxylic acids is 1. The number of rotatable bonds is 4. The van der Waals surface area contributed by atoms with Crippen molar-refractivity contribution in [1.82, 2.24) is 9.88 Å². The minimum Gasteiger partial charge on any atom is -0.506 e. The Hall–Kier alpha value is -3.03. The van der Waals surface area contributed by atoms with Crippen molar-refractivity contribution in [3.8, 4) is 11.5 Å². The lowest BCUT2D eigenvalue weighted by Gasteiger charge is -2.21. The molecule has 0 bridgehead atoms. The fourth-order valence-electron chi connectivity index (χ4n) is 2.32. The lowest BCUT2D eigenvalue weighted by atomic mass is 10.0. The maximum Gasteiger partial charge on any atom is 0.328 e. The number of hydrogen-bond acceptors (Lipinski definition) is 5. The molecule has 2 rings (SSSR count). The normalized spacial score (nSPS) is 11.3. The van der Waals surface area contributed by atoms with Crippen molar-refractivity contribution < 1.29 is 24.5 Å². The number of carbonyl (C=O) groups is 2. The molecule has 0 saturated carbocycles. The summed E-state index contributed by atoms with van der Waals surface area (Å²) >= 11 is 0. The number of fused-ring (bicyclic) bond motifs is 1. The van der Waals surface area contributed by atoms with Gasteiger partial charge in [0.05, 0.1) is 18.0 Å². The fraction of sp³-hybridized carbons (Fsp3) is 0.312. The van der Waals surface area contributed by atoms with Crippen LogP contribution in [0.15, 0.2) is 23.0 Å². The van der Waals surface area contributed by atoms with Crippen LogP contribution in [-0.4, -0.2) is 39.3 Å².